The van der Waals surface area contributed by atoms with Gasteiger partial charge in [0.05, 0.1) is 17.6 Å². The van der Waals surface area contributed by atoms with Crippen LogP contribution in [-0.2, 0) is 11.3 Å². The minimum atomic E-state index is -0.180. The molecular weight excluding hydrogens is 286 g/mol. The van der Waals surface area contributed by atoms with Crippen molar-refractivity contribution in [3.63, 3.8) is 0 Å². The predicted molar refractivity (Wildman–Crippen MR) is 82.1 cm³/mol. The number of hydrogen-bond donors (Lipinski definition) is 1. The number of nitrogens with two attached hydrogens (primary N) is 1. The van der Waals surface area contributed by atoms with Crippen LogP contribution in [-0.4, -0.2) is 33.2 Å². The van der Waals surface area contributed by atoms with Crippen molar-refractivity contribution in [1.29, 1.82) is 0 Å². The van der Waals surface area contributed by atoms with E-state index in [-0.39, 0.29) is 18.5 Å². The second-order valence-corrected chi connectivity index (χ2v) is 6.13. The van der Waals surface area contributed by atoms with Gasteiger partial charge in [0.25, 0.3) is 0 Å². The van der Waals surface area contributed by atoms with Crippen molar-refractivity contribution in [3.05, 3.63) is 36.2 Å². The number of fused-ring (bicyclic) bond motifs is 1. The number of amides is 1. The maximum atomic E-state index is 12.5. The molecule has 7 heteroatoms. The van der Waals surface area contributed by atoms with Gasteiger partial charge in [-0.3, -0.25) is 4.79 Å². The van der Waals surface area contributed by atoms with E-state index in [9.17, 15) is 4.79 Å². The monoisotopic (exact) mass is 303 g/mol. The summed E-state index contributed by atoms with van der Waals surface area (Å²) in [4.78, 5) is 15.5. The lowest BCUT2D eigenvalue weighted by Crippen LogP contribution is -2.37. The van der Waals surface area contributed by atoms with Crippen LogP contribution in [0, 0.1) is 0 Å². The summed E-state index contributed by atoms with van der Waals surface area (Å²) in [5.41, 5.74) is 7.42. The van der Waals surface area contributed by atoms with Crippen molar-refractivity contribution in [2.75, 3.05) is 17.2 Å². The van der Waals surface area contributed by atoms with Gasteiger partial charge in [-0.15, -0.1) is 16.9 Å². The Morgan fingerprint density at radius 3 is 3.05 bits per heavy atom. The maximum absolute atomic E-state index is 12.5. The fraction of sp³-hybridized carbons (Fsp3) is 0.357. The highest BCUT2D eigenvalue weighted by Crippen LogP contribution is 2.34. The van der Waals surface area contributed by atoms with Crippen molar-refractivity contribution in [3.8, 4) is 0 Å². The van der Waals surface area contributed by atoms with Gasteiger partial charge < -0.3 is 10.6 Å². The van der Waals surface area contributed by atoms with Gasteiger partial charge >= 0.3 is 0 Å². The SMILES string of the molecule is CC(N)c1cn(CC(=O)N2CCSc3ccccc32)nn1. The summed E-state index contributed by atoms with van der Waals surface area (Å²) in [5, 5.41) is 7.93. The summed E-state index contributed by atoms with van der Waals surface area (Å²) in [5.74, 6) is 0.925. The third-order valence-corrected chi connectivity index (χ3v) is 4.39. The quantitative estimate of drug-likeness (QED) is 0.928. The van der Waals surface area contributed by atoms with E-state index in [0.29, 0.717) is 5.69 Å². The molecule has 1 aromatic carbocycles. The Morgan fingerprint density at radius 2 is 2.29 bits per heavy atom. The van der Waals surface area contributed by atoms with Gasteiger partial charge in [-0.2, -0.15) is 0 Å². The largest absolute Gasteiger partial charge is 0.323 e. The van der Waals surface area contributed by atoms with E-state index in [1.807, 2.05) is 36.1 Å². The van der Waals surface area contributed by atoms with E-state index >= 15 is 0 Å². The molecule has 1 aromatic heterocycles. The number of carbonyl (C=O) groups excluding carboxylic acids is 1. The van der Waals surface area contributed by atoms with Gasteiger partial charge in [-0.1, -0.05) is 17.3 Å². The summed E-state index contributed by atoms with van der Waals surface area (Å²) < 4.78 is 1.55. The normalized spacial score (nSPS) is 15.6. The minimum absolute atomic E-state index is 0.0175. The van der Waals surface area contributed by atoms with E-state index < -0.39 is 0 Å². The average molecular weight is 303 g/mol. The molecular formula is C14H17N5OS. The van der Waals surface area contributed by atoms with Gasteiger partial charge in [0.1, 0.15) is 6.54 Å². The summed E-state index contributed by atoms with van der Waals surface area (Å²) >= 11 is 1.78. The standard InChI is InChI=1S/C14H17N5OS/c1-10(15)11-8-18(17-16-11)9-14(20)19-6-7-21-13-5-3-2-4-12(13)19/h2-5,8,10H,6-7,9,15H2,1H3. The summed E-state index contributed by atoms with van der Waals surface area (Å²) in [6.45, 7) is 2.74. The van der Waals surface area contributed by atoms with Crippen LogP contribution in [0.5, 0.6) is 0 Å². The molecule has 0 spiro atoms. The number of hydrogen-bond acceptors (Lipinski definition) is 5. The van der Waals surface area contributed by atoms with Crippen molar-refractivity contribution in [1.82, 2.24) is 15.0 Å². The van der Waals surface area contributed by atoms with Crippen LogP contribution >= 0.6 is 11.8 Å². The fourth-order valence-electron chi connectivity index (χ4n) is 2.25. The van der Waals surface area contributed by atoms with Crippen molar-refractivity contribution in [2.24, 2.45) is 5.73 Å². The molecule has 21 heavy (non-hydrogen) atoms. The number of nitrogens with zero attached hydrogens (tertiary/aromatic N) is 4. The minimum Gasteiger partial charge on any atom is -0.323 e. The Morgan fingerprint density at radius 1 is 1.48 bits per heavy atom. The van der Waals surface area contributed by atoms with Crippen LogP contribution in [0.25, 0.3) is 0 Å². The van der Waals surface area contributed by atoms with E-state index in [4.69, 9.17) is 5.73 Å². The Hall–Kier alpha value is -1.86. The molecule has 1 amide bonds. The Labute approximate surface area is 127 Å². The van der Waals surface area contributed by atoms with Gasteiger partial charge in [0.15, 0.2) is 0 Å². The number of aromatic nitrogens is 3. The third-order valence-electron chi connectivity index (χ3n) is 3.35. The van der Waals surface area contributed by atoms with E-state index in [0.717, 1.165) is 22.9 Å². The van der Waals surface area contributed by atoms with Crippen LogP contribution in [0.4, 0.5) is 5.69 Å². The predicted octanol–water partition coefficient (Wildman–Crippen LogP) is 1.44. The molecule has 0 radical (unpaired) electrons. The lowest BCUT2D eigenvalue weighted by atomic mass is 10.2. The molecule has 6 nitrogen and oxygen atoms in total. The second-order valence-electron chi connectivity index (χ2n) is 4.99. The number of rotatable bonds is 3. The molecule has 1 unspecified atom stereocenters. The molecule has 0 saturated heterocycles. The molecule has 1 aliphatic heterocycles. The molecule has 3 rings (SSSR count). The van der Waals surface area contributed by atoms with E-state index in [2.05, 4.69) is 10.3 Å². The van der Waals surface area contributed by atoms with Crippen LogP contribution in [0.15, 0.2) is 35.4 Å². The Bertz CT molecular complexity index is 654. The van der Waals surface area contributed by atoms with E-state index in [1.54, 1.807) is 22.6 Å². The Balaban J connectivity index is 1.77. The molecule has 0 bridgehead atoms. The first-order valence-electron chi connectivity index (χ1n) is 6.83. The molecule has 2 aromatic rings. The van der Waals surface area contributed by atoms with Crippen LogP contribution < -0.4 is 10.6 Å². The molecule has 0 saturated carbocycles. The van der Waals surface area contributed by atoms with Gasteiger partial charge in [0.2, 0.25) is 5.91 Å². The highest BCUT2D eigenvalue weighted by Gasteiger charge is 2.23. The molecule has 0 fully saturated rings. The highest BCUT2D eigenvalue weighted by atomic mass is 32.2. The van der Waals surface area contributed by atoms with Crippen molar-refractivity contribution < 1.29 is 4.79 Å². The van der Waals surface area contributed by atoms with Crippen LogP contribution in [0.2, 0.25) is 0 Å². The average Bonchev–Trinajstić information content (AvgIpc) is 2.95. The van der Waals surface area contributed by atoms with Crippen molar-refractivity contribution in [2.45, 2.75) is 24.4 Å². The van der Waals surface area contributed by atoms with Gasteiger partial charge in [0, 0.05) is 23.2 Å². The first-order valence-corrected chi connectivity index (χ1v) is 7.81. The molecule has 1 aliphatic rings. The lowest BCUT2D eigenvalue weighted by molar-refractivity contribution is -0.119. The lowest BCUT2D eigenvalue weighted by Gasteiger charge is -2.28. The maximum Gasteiger partial charge on any atom is 0.248 e. The summed E-state index contributed by atoms with van der Waals surface area (Å²) in [6.07, 6.45) is 1.73. The third kappa shape index (κ3) is 2.93. The molecule has 110 valence electrons. The number of thioether (sulfide) groups is 1. The number of benzene rings is 1. The highest BCUT2D eigenvalue weighted by molar-refractivity contribution is 7.99. The zero-order valence-electron chi connectivity index (χ0n) is 11.8. The molecule has 1 atom stereocenters. The number of para-hydroxylation sites is 1. The van der Waals surface area contributed by atoms with Gasteiger partial charge in [-0.25, -0.2) is 4.68 Å². The van der Waals surface area contributed by atoms with Crippen LogP contribution in [0.1, 0.15) is 18.7 Å². The Kier molecular flexibility index (Phi) is 3.94. The first kappa shape index (κ1) is 14.1. The van der Waals surface area contributed by atoms with E-state index in [1.165, 1.54) is 0 Å². The topological polar surface area (TPSA) is 77.0 Å². The van der Waals surface area contributed by atoms with Gasteiger partial charge in [-0.05, 0) is 19.1 Å². The second kappa shape index (κ2) is 5.87. The smallest absolute Gasteiger partial charge is 0.248 e. The zero-order valence-corrected chi connectivity index (χ0v) is 12.6. The first-order chi connectivity index (χ1) is 10.1. The van der Waals surface area contributed by atoms with Crippen LogP contribution in [0.3, 0.4) is 0 Å². The van der Waals surface area contributed by atoms with Crippen molar-refractivity contribution >= 4 is 23.4 Å². The summed E-state index contributed by atoms with van der Waals surface area (Å²) in [7, 11) is 0. The number of carbonyl (C=O) groups is 1. The summed E-state index contributed by atoms with van der Waals surface area (Å²) in [6, 6.07) is 7.79. The zero-order chi connectivity index (χ0) is 14.8. The number of anilines is 1. The molecule has 0 aliphatic carbocycles. The molecule has 2 heterocycles. The fourth-order valence-corrected chi connectivity index (χ4v) is 3.25. The molecule has 2 N–H and O–H groups in total.